The summed E-state index contributed by atoms with van der Waals surface area (Å²) in [5, 5.41) is 0. The number of nitrogens with one attached hydrogen (secondary N) is 1. The van der Waals surface area contributed by atoms with Gasteiger partial charge in [0.1, 0.15) is 5.82 Å². The van der Waals surface area contributed by atoms with Gasteiger partial charge in [-0.2, -0.15) is 13.2 Å². The van der Waals surface area contributed by atoms with E-state index in [4.69, 9.17) is 0 Å². The number of rotatable bonds is 3. The van der Waals surface area contributed by atoms with Crippen molar-refractivity contribution in [1.82, 2.24) is 5.48 Å². The molecule has 0 aromatic heterocycles. The van der Waals surface area contributed by atoms with E-state index in [0.717, 1.165) is 18.2 Å². The van der Waals surface area contributed by atoms with E-state index in [-0.39, 0.29) is 5.56 Å². The minimum absolute atomic E-state index is 0.0496. The van der Waals surface area contributed by atoms with Crippen LogP contribution in [0.25, 0.3) is 0 Å². The lowest BCUT2D eigenvalue weighted by molar-refractivity contribution is -0.184. The third kappa shape index (κ3) is 4.39. The molecule has 1 rings (SSSR count). The fourth-order valence-corrected chi connectivity index (χ4v) is 1.12. The number of hydrogen-bond donors (Lipinski definition) is 1. The van der Waals surface area contributed by atoms with Crippen molar-refractivity contribution in [1.29, 1.82) is 0 Å². The molecule has 3 nitrogen and oxygen atoms in total. The van der Waals surface area contributed by atoms with Gasteiger partial charge in [-0.05, 0) is 30.7 Å². The Labute approximate surface area is 94.3 Å². The Morgan fingerprint density at radius 3 is 2.59 bits per heavy atom. The fraction of sp³-hybridized carbons (Fsp3) is 0.300. The van der Waals surface area contributed by atoms with Crippen LogP contribution in [0.1, 0.15) is 15.9 Å². The van der Waals surface area contributed by atoms with E-state index in [1.807, 2.05) is 0 Å². The van der Waals surface area contributed by atoms with Crippen LogP contribution in [0.4, 0.5) is 17.6 Å². The Kier molecular flexibility index (Phi) is 4.06. The second-order valence-electron chi connectivity index (χ2n) is 3.29. The Morgan fingerprint density at radius 1 is 1.41 bits per heavy atom. The van der Waals surface area contributed by atoms with E-state index >= 15 is 0 Å². The third-order valence-electron chi connectivity index (χ3n) is 1.83. The lowest BCUT2D eigenvalue weighted by Gasteiger charge is -2.09. The second-order valence-corrected chi connectivity index (χ2v) is 3.29. The molecular formula is C10H9F4NO2. The number of halogens is 4. The fourth-order valence-electron chi connectivity index (χ4n) is 1.12. The Bertz CT molecular complexity index is 417. The molecule has 1 aromatic rings. The van der Waals surface area contributed by atoms with E-state index in [9.17, 15) is 22.4 Å². The zero-order chi connectivity index (χ0) is 13.1. The number of hydroxylamine groups is 1. The van der Waals surface area contributed by atoms with Crippen molar-refractivity contribution in [2.45, 2.75) is 13.1 Å². The van der Waals surface area contributed by atoms with Crippen molar-refractivity contribution in [3.8, 4) is 0 Å². The molecule has 17 heavy (non-hydrogen) atoms. The largest absolute Gasteiger partial charge is 0.414 e. The third-order valence-corrected chi connectivity index (χ3v) is 1.83. The average molecular weight is 251 g/mol. The number of alkyl halides is 3. The topological polar surface area (TPSA) is 38.3 Å². The number of carbonyl (C=O) groups excluding carboxylic acids is 1. The van der Waals surface area contributed by atoms with Crippen molar-refractivity contribution < 1.29 is 27.2 Å². The molecule has 0 aliphatic rings. The first-order valence-corrected chi connectivity index (χ1v) is 4.54. The molecule has 0 atom stereocenters. The zero-order valence-electron chi connectivity index (χ0n) is 8.77. The van der Waals surface area contributed by atoms with Gasteiger partial charge in [-0.1, -0.05) is 0 Å². The highest BCUT2D eigenvalue weighted by Gasteiger charge is 2.28. The lowest BCUT2D eigenvalue weighted by Crippen LogP contribution is -2.29. The summed E-state index contributed by atoms with van der Waals surface area (Å²) in [5.41, 5.74) is 1.99. The summed E-state index contributed by atoms with van der Waals surface area (Å²) < 4.78 is 47.9. The van der Waals surface area contributed by atoms with Gasteiger partial charge in [-0.3, -0.25) is 9.63 Å². The van der Waals surface area contributed by atoms with Gasteiger partial charge >= 0.3 is 6.18 Å². The van der Waals surface area contributed by atoms with Crippen LogP contribution in [0.2, 0.25) is 0 Å². The highest BCUT2D eigenvalue weighted by atomic mass is 19.4. The van der Waals surface area contributed by atoms with Crippen LogP contribution in [0, 0.1) is 12.7 Å². The number of hydrogen-bond acceptors (Lipinski definition) is 2. The highest BCUT2D eigenvalue weighted by molar-refractivity contribution is 5.94. The molecule has 1 aromatic carbocycles. The molecule has 0 saturated carbocycles. The summed E-state index contributed by atoms with van der Waals surface area (Å²) in [7, 11) is 0. The minimum Gasteiger partial charge on any atom is -0.267 e. The maximum atomic E-state index is 12.7. The van der Waals surface area contributed by atoms with E-state index in [0.29, 0.717) is 5.56 Å². The van der Waals surface area contributed by atoms with E-state index in [1.165, 1.54) is 6.92 Å². The van der Waals surface area contributed by atoms with Gasteiger partial charge in [-0.25, -0.2) is 9.87 Å². The quantitative estimate of drug-likeness (QED) is 0.661. The first-order chi connectivity index (χ1) is 7.79. The van der Waals surface area contributed by atoms with Gasteiger partial charge in [0, 0.05) is 5.56 Å². The summed E-state index contributed by atoms with van der Waals surface area (Å²) in [6, 6.07) is 3.29. The molecule has 94 valence electrons. The van der Waals surface area contributed by atoms with E-state index in [2.05, 4.69) is 4.84 Å². The molecule has 1 amide bonds. The molecule has 0 fully saturated rings. The van der Waals surface area contributed by atoms with Crippen molar-refractivity contribution in [3.63, 3.8) is 0 Å². The molecule has 0 unspecified atom stereocenters. The van der Waals surface area contributed by atoms with Gasteiger partial charge < -0.3 is 0 Å². The molecule has 7 heteroatoms. The molecule has 0 heterocycles. The van der Waals surface area contributed by atoms with Crippen LogP contribution >= 0.6 is 0 Å². The van der Waals surface area contributed by atoms with Crippen molar-refractivity contribution in [2.24, 2.45) is 0 Å². The van der Waals surface area contributed by atoms with Crippen LogP contribution in [0.15, 0.2) is 18.2 Å². The van der Waals surface area contributed by atoms with E-state index in [1.54, 1.807) is 5.48 Å². The molecule has 0 aliphatic heterocycles. The van der Waals surface area contributed by atoms with Crippen LogP contribution < -0.4 is 5.48 Å². The Balaban J connectivity index is 2.59. The zero-order valence-corrected chi connectivity index (χ0v) is 8.77. The van der Waals surface area contributed by atoms with Crippen molar-refractivity contribution in [3.05, 3.63) is 35.1 Å². The summed E-state index contributed by atoms with van der Waals surface area (Å²) in [6.45, 7) is -0.124. The van der Waals surface area contributed by atoms with Gasteiger partial charge in [0.2, 0.25) is 0 Å². The predicted molar refractivity (Wildman–Crippen MR) is 50.6 cm³/mol. The van der Waals surface area contributed by atoms with Crippen molar-refractivity contribution >= 4 is 5.91 Å². The number of aryl methyl sites for hydroxylation is 1. The second kappa shape index (κ2) is 5.13. The van der Waals surface area contributed by atoms with Gasteiger partial charge in [-0.15, -0.1) is 0 Å². The first kappa shape index (κ1) is 13.4. The van der Waals surface area contributed by atoms with Gasteiger partial charge in [0.25, 0.3) is 5.91 Å². The smallest absolute Gasteiger partial charge is 0.267 e. The molecule has 1 N–H and O–H groups in total. The standard InChI is InChI=1S/C10H9F4NO2/c1-6-4-7(11)2-3-8(6)9(16)15-17-5-10(12,13)14/h2-4H,5H2,1H3,(H,15,16). The lowest BCUT2D eigenvalue weighted by atomic mass is 10.1. The number of amides is 1. The predicted octanol–water partition coefficient (Wildman–Crippen LogP) is 2.36. The average Bonchev–Trinajstić information content (AvgIpc) is 2.15. The Hall–Kier alpha value is -1.63. The SMILES string of the molecule is Cc1cc(F)ccc1C(=O)NOCC(F)(F)F. The monoisotopic (exact) mass is 251 g/mol. The van der Waals surface area contributed by atoms with Crippen LogP contribution in [-0.4, -0.2) is 18.7 Å². The van der Waals surface area contributed by atoms with Crippen LogP contribution in [-0.2, 0) is 4.84 Å². The first-order valence-electron chi connectivity index (χ1n) is 4.54. The maximum absolute atomic E-state index is 12.7. The molecule has 0 radical (unpaired) electrons. The molecule has 0 aliphatic carbocycles. The molecular weight excluding hydrogens is 242 g/mol. The van der Waals surface area contributed by atoms with Gasteiger partial charge in [0.05, 0.1) is 0 Å². The van der Waals surface area contributed by atoms with Crippen LogP contribution in [0.5, 0.6) is 0 Å². The normalized spacial score (nSPS) is 11.4. The minimum atomic E-state index is -4.52. The van der Waals surface area contributed by atoms with Crippen molar-refractivity contribution in [2.75, 3.05) is 6.61 Å². The van der Waals surface area contributed by atoms with E-state index < -0.39 is 24.5 Å². The summed E-state index contributed by atoms with van der Waals surface area (Å²) >= 11 is 0. The Morgan fingerprint density at radius 2 is 2.06 bits per heavy atom. The maximum Gasteiger partial charge on any atom is 0.414 e. The highest BCUT2D eigenvalue weighted by Crippen LogP contribution is 2.14. The number of carbonyl (C=O) groups is 1. The summed E-state index contributed by atoms with van der Waals surface area (Å²) in [5.74, 6) is -1.39. The van der Waals surface area contributed by atoms with Crippen LogP contribution in [0.3, 0.4) is 0 Å². The molecule has 0 spiro atoms. The van der Waals surface area contributed by atoms with Gasteiger partial charge in [0.15, 0.2) is 6.61 Å². The molecule has 0 bridgehead atoms. The summed E-state index contributed by atoms with van der Waals surface area (Å²) in [4.78, 5) is 15.3. The molecule has 0 saturated heterocycles. The number of benzene rings is 1. The summed E-state index contributed by atoms with van der Waals surface area (Å²) in [6.07, 6.45) is -4.52.